The molecule has 1 aliphatic carbocycles. The van der Waals surface area contributed by atoms with E-state index in [0.29, 0.717) is 12.5 Å². The van der Waals surface area contributed by atoms with Crippen molar-refractivity contribution in [2.24, 2.45) is 5.92 Å². The van der Waals surface area contributed by atoms with Gasteiger partial charge in [-0.2, -0.15) is 0 Å². The number of ether oxygens (including phenoxy) is 1. The van der Waals surface area contributed by atoms with Crippen LogP contribution in [0.15, 0.2) is 0 Å². The number of hydrogen-bond acceptors (Lipinski definition) is 2. The first-order valence-corrected chi connectivity index (χ1v) is 4.86. The highest BCUT2D eigenvalue weighted by Crippen LogP contribution is 2.44. The maximum atomic E-state index is 9.05. The first-order chi connectivity index (χ1) is 5.54. The van der Waals surface area contributed by atoms with Crippen molar-refractivity contribution in [3.05, 3.63) is 0 Å². The molecule has 1 rings (SSSR count). The second-order valence-corrected chi connectivity index (χ2v) is 4.44. The molecule has 2 nitrogen and oxygen atoms in total. The van der Waals surface area contributed by atoms with E-state index in [-0.39, 0.29) is 11.7 Å². The Bertz CT molecular complexity index is 137. The van der Waals surface area contributed by atoms with Crippen molar-refractivity contribution in [2.45, 2.75) is 51.7 Å². The quantitative estimate of drug-likeness (QED) is 0.687. The molecule has 1 N–H and O–H groups in total. The van der Waals surface area contributed by atoms with Crippen LogP contribution in [0.2, 0.25) is 0 Å². The summed E-state index contributed by atoms with van der Waals surface area (Å²) in [5, 5.41) is 9.05. The van der Waals surface area contributed by atoms with E-state index in [0.717, 1.165) is 6.42 Å². The molecule has 0 aromatic rings. The second-order valence-electron chi connectivity index (χ2n) is 4.44. The van der Waals surface area contributed by atoms with Crippen molar-refractivity contribution in [2.75, 3.05) is 6.61 Å². The zero-order valence-electron chi connectivity index (χ0n) is 8.34. The van der Waals surface area contributed by atoms with Crippen molar-refractivity contribution in [3.63, 3.8) is 0 Å². The van der Waals surface area contributed by atoms with Gasteiger partial charge in [-0.15, -0.1) is 0 Å². The molecule has 2 heteroatoms. The fourth-order valence-electron chi connectivity index (χ4n) is 1.59. The molecule has 0 spiro atoms. The van der Waals surface area contributed by atoms with Gasteiger partial charge in [-0.3, -0.25) is 0 Å². The summed E-state index contributed by atoms with van der Waals surface area (Å²) in [7, 11) is 0. The number of hydrogen-bond donors (Lipinski definition) is 1. The van der Waals surface area contributed by atoms with E-state index in [1.165, 1.54) is 12.8 Å². The van der Waals surface area contributed by atoms with Gasteiger partial charge < -0.3 is 9.84 Å². The molecule has 1 aliphatic rings. The van der Waals surface area contributed by atoms with E-state index in [1.807, 2.05) is 0 Å². The summed E-state index contributed by atoms with van der Waals surface area (Å²) in [6.45, 7) is 6.69. The van der Waals surface area contributed by atoms with Gasteiger partial charge in [0.1, 0.15) is 0 Å². The Morgan fingerprint density at radius 1 is 1.33 bits per heavy atom. The Hall–Kier alpha value is -0.0800. The van der Waals surface area contributed by atoms with Gasteiger partial charge in [0.25, 0.3) is 0 Å². The van der Waals surface area contributed by atoms with Crippen molar-refractivity contribution < 1.29 is 9.84 Å². The molecule has 0 heterocycles. The third kappa shape index (κ3) is 3.11. The van der Waals surface area contributed by atoms with E-state index in [1.54, 1.807) is 6.92 Å². The van der Waals surface area contributed by atoms with Crippen LogP contribution in [0.3, 0.4) is 0 Å². The van der Waals surface area contributed by atoms with Crippen LogP contribution in [0.25, 0.3) is 0 Å². The first-order valence-electron chi connectivity index (χ1n) is 4.86. The molecule has 0 saturated heterocycles. The highest BCUT2D eigenvalue weighted by molar-refractivity contribution is 4.96. The van der Waals surface area contributed by atoms with Crippen LogP contribution >= 0.6 is 0 Å². The topological polar surface area (TPSA) is 29.5 Å². The highest BCUT2D eigenvalue weighted by Gasteiger charge is 2.44. The maximum absolute atomic E-state index is 9.05. The van der Waals surface area contributed by atoms with Crippen LogP contribution in [0.5, 0.6) is 0 Å². The second kappa shape index (κ2) is 3.75. The monoisotopic (exact) mass is 172 g/mol. The van der Waals surface area contributed by atoms with E-state index >= 15 is 0 Å². The van der Waals surface area contributed by atoms with E-state index < -0.39 is 0 Å². The molecule has 1 saturated carbocycles. The van der Waals surface area contributed by atoms with Gasteiger partial charge >= 0.3 is 0 Å². The van der Waals surface area contributed by atoms with E-state index in [4.69, 9.17) is 9.84 Å². The van der Waals surface area contributed by atoms with Gasteiger partial charge in [-0.05, 0) is 32.1 Å². The summed E-state index contributed by atoms with van der Waals surface area (Å²) in [4.78, 5) is 0. The number of aliphatic hydroxyl groups is 1. The molecule has 0 radical (unpaired) electrons. The highest BCUT2D eigenvalue weighted by atomic mass is 16.5. The van der Waals surface area contributed by atoms with Gasteiger partial charge in [-0.1, -0.05) is 13.8 Å². The molecule has 0 aliphatic heterocycles. The minimum Gasteiger partial charge on any atom is -0.391 e. The lowest BCUT2D eigenvalue weighted by Crippen LogP contribution is -2.22. The van der Waals surface area contributed by atoms with E-state index in [2.05, 4.69) is 13.8 Å². The average Bonchev–Trinajstić information content (AvgIpc) is 2.64. The van der Waals surface area contributed by atoms with Crippen LogP contribution in [0, 0.1) is 5.92 Å². The molecular formula is C10H20O2. The van der Waals surface area contributed by atoms with Crippen LogP contribution < -0.4 is 0 Å². The number of rotatable bonds is 5. The van der Waals surface area contributed by atoms with Crippen molar-refractivity contribution in [1.29, 1.82) is 0 Å². The Balaban J connectivity index is 2.20. The zero-order valence-corrected chi connectivity index (χ0v) is 8.34. The van der Waals surface area contributed by atoms with Crippen molar-refractivity contribution >= 4 is 0 Å². The zero-order chi connectivity index (χ0) is 9.19. The Labute approximate surface area is 74.9 Å². The van der Waals surface area contributed by atoms with Gasteiger partial charge in [-0.25, -0.2) is 0 Å². The third-order valence-electron chi connectivity index (χ3n) is 2.22. The third-order valence-corrected chi connectivity index (χ3v) is 2.22. The molecule has 1 fully saturated rings. The molecule has 0 bridgehead atoms. The lowest BCUT2D eigenvalue weighted by atomic mass is 10.0. The lowest BCUT2D eigenvalue weighted by molar-refractivity contribution is -0.0269. The molecule has 0 aromatic heterocycles. The van der Waals surface area contributed by atoms with Gasteiger partial charge in [0.2, 0.25) is 0 Å². The first kappa shape index (κ1) is 10.0. The molecular weight excluding hydrogens is 152 g/mol. The molecule has 72 valence electrons. The fraction of sp³-hybridized carbons (Fsp3) is 1.00. The van der Waals surface area contributed by atoms with Crippen LogP contribution in [-0.2, 0) is 4.74 Å². The van der Waals surface area contributed by atoms with E-state index in [9.17, 15) is 0 Å². The fourth-order valence-corrected chi connectivity index (χ4v) is 1.59. The minimum atomic E-state index is -0.324. The van der Waals surface area contributed by atoms with Crippen molar-refractivity contribution in [1.82, 2.24) is 0 Å². The molecule has 1 unspecified atom stereocenters. The SMILES string of the molecule is CC(C)CC1(OCC(C)O)CC1. The Kier molecular flexibility index (Phi) is 3.13. The number of aliphatic hydroxyl groups excluding tert-OH is 1. The largest absolute Gasteiger partial charge is 0.391 e. The Morgan fingerprint density at radius 3 is 2.25 bits per heavy atom. The van der Waals surface area contributed by atoms with Gasteiger partial charge in [0, 0.05) is 0 Å². The standard InChI is InChI=1S/C10H20O2/c1-8(2)6-10(4-5-10)12-7-9(3)11/h8-9,11H,4-7H2,1-3H3. The molecule has 0 aromatic carbocycles. The predicted molar refractivity (Wildman–Crippen MR) is 49.1 cm³/mol. The normalized spacial score (nSPS) is 22.8. The predicted octanol–water partition coefficient (Wildman–Crippen LogP) is 1.96. The summed E-state index contributed by atoms with van der Waals surface area (Å²) in [5.41, 5.74) is 0.144. The van der Waals surface area contributed by atoms with Crippen molar-refractivity contribution in [3.8, 4) is 0 Å². The molecule has 0 amide bonds. The average molecular weight is 172 g/mol. The summed E-state index contributed by atoms with van der Waals surface area (Å²) in [5.74, 6) is 0.696. The summed E-state index contributed by atoms with van der Waals surface area (Å²) in [6.07, 6.45) is 3.17. The summed E-state index contributed by atoms with van der Waals surface area (Å²) >= 11 is 0. The van der Waals surface area contributed by atoms with Crippen LogP contribution in [0.1, 0.15) is 40.0 Å². The summed E-state index contributed by atoms with van der Waals surface area (Å²) in [6, 6.07) is 0. The van der Waals surface area contributed by atoms with Gasteiger partial charge in [0.05, 0.1) is 18.3 Å². The van der Waals surface area contributed by atoms with Crippen LogP contribution in [0.4, 0.5) is 0 Å². The lowest BCUT2D eigenvalue weighted by Gasteiger charge is -2.19. The maximum Gasteiger partial charge on any atom is 0.0745 e. The minimum absolute atomic E-state index is 0.144. The summed E-state index contributed by atoms with van der Waals surface area (Å²) < 4.78 is 5.66. The smallest absolute Gasteiger partial charge is 0.0745 e. The van der Waals surface area contributed by atoms with Crippen LogP contribution in [-0.4, -0.2) is 23.4 Å². The molecule has 12 heavy (non-hydrogen) atoms. The molecule has 1 atom stereocenters. The Morgan fingerprint density at radius 2 is 1.92 bits per heavy atom. The van der Waals surface area contributed by atoms with Gasteiger partial charge in [0.15, 0.2) is 0 Å².